The van der Waals surface area contributed by atoms with Gasteiger partial charge in [-0.05, 0) is 37.5 Å². The van der Waals surface area contributed by atoms with Gasteiger partial charge in [0.1, 0.15) is 5.75 Å². The molecular weight excluding hydrogens is 228 g/mol. The van der Waals surface area contributed by atoms with Crippen molar-refractivity contribution >= 4 is 5.91 Å². The molecule has 1 aliphatic carbocycles. The summed E-state index contributed by atoms with van der Waals surface area (Å²) in [6.07, 6.45) is 2.18. The number of hydrogen-bond acceptors (Lipinski definition) is 3. The Morgan fingerprint density at radius 2 is 2.28 bits per heavy atom. The van der Waals surface area contributed by atoms with Crippen LogP contribution in [0.5, 0.6) is 5.75 Å². The summed E-state index contributed by atoms with van der Waals surface area (Å²) >= 11 is 0. The summed E-state index contributed by atoms with van der Waals surface area (Å²) in [5.74, 6) is 0.589. The number of ether oxygens (including phenoxy) is 1. The summed E-state index contributed by atoms with van der Waals surface area (Å²) in [7, 11) is 1.81. The molecule has 1 aromatic rings. The number of benzene rings is 1. The van der Waals surface area contributed by atoms with E-state index >= 15 is 0 Å². The maximum absolute atomic E-state index is 11.8. The van der Waals surface area contributed by atoms with E-state index in [1.807, 2.05) is 20.0 Å². The number of carbonyl (C=O) groups is 1. The minimum Gasteiger partial charge on any atom is -0.483 e. The lowest BCUT2D eigenvalue weighted by atomic mass is 10.1. The third-order valence-corrected chi connectivity index (χ3v) is 3.16. The van der Waals surface area contributed by atoms with Crippen molar-refractivity contribution in [3.63, 3.8) is 0 Å². The highest BCUT2D eigenvalue weighted by atomic mass is 16.5. The van der Waals surface area contributed by atoms with E-state index in [0.29, 0.717) is 17.4 Å². The Hall–Kier alpha value is -2.02. The van der Waals surface area contributed by atoms with Gasteiger partial charge in [-0.3, -0.25) is 4.79 Å². The fraction of sp³-hybridized carbons (Fsp3) is 0.429. The van der Waals surface area contributed by atoms with Gasteiger partial charge >= 0.3 is 0 Å². The lowest BCUT2D eigenvalue weighted by Gasteiger charge is -2.17. The Labute approximate surface area is 107 Å². The van der Waals surface area contributed by atoms with Crippen molar-refractivity contribution < 1.29 is 9.53 Å². The smallest absolute Gasteiger partial charge is 0.260 e. The highest BCUT2D eigenvalue weighted by molar-refractivity contribution is 5.78. The molecule has 0 aliphatic heterocycles. The van der Waals surface area contributed by atoms with Crippen molar-refractivity contribution in [3.05, 3.63) is 29.3 Å². The summed E-state index contributed by atoms with van der Waals surface area (Å²) in [6.45, 7) is 1.92. The number of amides is 1. The Morgan fingerprint density at radius 3 is 2.89 bits per heavy atom. The van der Waals surface area contributed by atoms with Gasteiger partial charge in [-0.2, -0.15) is 5.26 Å². The fourth-order valence-electron chi connectivity index (χ4n) is 1.73. The van der Waals surface area contributed by atoms with Gasteiger partial charge in [0.15, 0.2) is 6.61 Å². The van der Waals surface area contributed by atoms with Gasteiger partial charge in [0.05, 0.1) is 11.6 Å². The van der Waals surface area contributed by atoms with Crippen LogP contribution in [0.25, 0.3) is 0 Å². The minimum absolute atomic E-state index is 0.0146. The highest BCUT2D eigenvalue weighted by Gasteiger charge is 2.29. The molecule has 18 heavy (non-hydrogen) atoms. The summed E-state index contributed by atoms with van der Waals surface area (Å²) in [5, 5.41) is 8.82. The van der Waals surface area contributed by atoms with Crippen molar-refractivity contribution in [3.8, 4) is 11.8 Å². The third-order valence-electron chi connectivity index (χ3n) is 3.16. The standard InChI is InChI=1S/C14H16N2O2/c1-10-3-4-11(8-15)7-13(10)18-9-14(17)16(2)12-5-6-12/h3-4,7,12H,5-6,9H2,1-2H3. The largest absolute Gasteiger partial charge is 0.483 e. The van der Waals surface area contributed by atoms with Crippen LogP contribution in [-0.2, 0) is 4.79 Å². The van der Waals surface area contributed by atoms with Gasteiger partial charge in [-0.25, -0.2) is 0 Å². The lowest BCUT2D eigenvalue weighted by molar-refractivity contribution is -0.132. The molecule has 1 aliphatic rings. The molecule has 1 fully saturated rings. The van der Waals surface area contributed by atoms with Crippen LogP contribution in [0.2, 0.25) is 0 Å². The Balaban J connectivity index is 1.97. The van der Waals surface area contributed by atoms with Gasteiger partial charge in [0, 0.05) is 13.1 Å². The first-order valence-electron chi connectivity index (χ1n) is 6.01. The first-order valence-corrected chi connectivity index (χ1v) is 6.01. The molecule has 0 radical (unpaired) electrons. The zero-order chi connectivity index (χ0) is 13.1. The van der Waals surface area contributed by atoms with E-state index in [1.165, 1.54) is 0 Å². The van der Waals surface area contributed by atoms with E-state index in [2.05, 4.69) is 6.07 Å². The molecule has 1 saturated carbocycles. The van der Waals surface area contributed by atoms with Crippen molar-refractivity contribution in [1.29, 1.82) is 5.26 Å². The Bertz CT molecular complexity index is 501. The SMILES string of the molecule is Cc1ccc(C#N)cc1OCC(=O)N(C)C1CC1. The quantitative estimate of drug-likeness (QED) is 0.812. The van der Waals surface area contributed by atoms with Crippen molar-refractivity contribution in [1.82, 2.24) is 4.90 Å². The zero-order valence-corrected chi connectivity index (χ0v) is 10.6. The van der Waals surface area contributed by atoms with E-state index in [1.54, 1.807) is 17.0 Å². The molecule has 0 saturated heterocycles. The van der Waals surface area contributed by atoms with Crippen LogP contribution in [0.15, 0.2) is 18.2 Å². The van der Waals surface area contributed by atoms with Crippen molar-refractivity contribution in [2.75, 3.05) is 13.7 Å². The van der Waals surface area contributed by atoms with Gasteiger partial charge in [0.25, 0.3) is 5.91 Å². The molecule has 1 aromatic carbocycles. The van der Waals surface area contributed by atoms with Crippen LogP contribution < -0.4 is 4.74 Å². The predicted octanol–water partition coefficient (Wildman–Crippen LogP) is 1.87. The van der Waals surface area contributed by atoms with Crippen LogP contribution in [0.4, 0.5) is 0 Å². The summed E-state index contributed by atoms with van der Waals surface area (Å²) < 4.78 is 5.50. The molecule has 4 heteroatoms. The fourth-order valence-corrected chi connectivity index (χ4v) is 1.73. The highest BCUT2D eigenvalue weighted by Crippen LogP contribution is 2.25. The molecule has 2 rings (SSSR count). The van der Waals surface area contributed by atoms with Crippen LogP contribution in [0.1, 0.15) is 24.0 Å². The molecule has 0 bridgehead atoms. The second kappa shape index (κ2) is 5.09. The molecule has 0 spiro atoms. The topological polar surface area (TPSA) is 53.3 Å². The normalized spacial score (nSPS) is 13.8. The number of nitrogens with zero attached hydrogens (tertiary/aromatic N) is 2. The number of hydrogen-bond donors (Lipinski definition) is 0. The van der Waals surface area contributed by atoms with E-state index in [-0.39, 0.29) is 12.5 Å². The first kappa shape index (κ1) is 12.4. The van der Waals surface area contributed by atoms with E-state index < -0.39 is 0 Å². The molecule has 0 atom stereocenters. The van der Waals surface area contributed by atoms with E-state index in [9.17, 15) is 4.79 Å². The molecule has 0 heterocycles. The third kappa shape index (κ3) is 2.80. The van der Waals surface area contributed by atoms with Crippen LogP contribution >= 0.6 is 0 Å². The molecule has 0 N–H and O–H groups in total. The number of carbonyl (C=O) groups excluding carboxylic acids is 1. The van der Waals surface area contributed by atoms with E-state index in [4.69, 9.17) is 10.00 Å². The molecule has 4 nitrogen and oxygen atoms in total. The first-order chi connectivity index (χ1) is 8.61. The van der Waals surface area contributed by atoms with Crippen LogP contribution in [0, 0.1) is 18.3 Å². The van der Waals surface area contributed by atoms with Crippen LogP contribution in [0.3, 0.4) is 0 Å². The lowest BCUT2D eigenvalue weighted by Crippen LogP contribution is -2.33. The van der Waals surface area contributed by atoms with Gasteiger partial charge in [-0.1, -0.05) is 6.07 Å². The minimum atomic E-state index is -0.0146. The number of likely N-dealkylation sites (N-methyl/N-ethyl adjacent to an activating group) is 1. The molecule has 0 aromatic heterocycles. The van der Waals surface area contributed by atoms with Gasteiger partial charge in [-0.15, -0.1) is 0 Å². The Morgan fingerprint density at radius 1 is 1.56 bits per heavy atom. The zero-order valence-electron chi connectivity index (χ0n) is 10.6. The number of nitriles is 1. The molecular formula is C14H16N2O2. The summed E-state index contributed by atoms with van der Waals surface area (Å²) in [4.78, 5) is 13.5. The predicted molar refractivity (Wildman–Crippen MR) is 67.2 cm³/mol. The average molecular weight is 244 g/mol. The van der Waals surface area contributed by atoms with E-state index in [0.717, 1.165) is 18.4 Å². The average Bonchev–Trinajstić information content (AvgIpc) is 3.20. The summed E-state index contributed by atoms with van der Waals surface area (Å²) in [6, 6.07) is 7.68. The molecule has 94 valence electrons. The molecule has 0 unspecified atom stereocenters. The number of aryl methyl sites for hydroxylation is 1. The second-order valence-electron chi connectivity index (χ2n) is 4.62. The van der Waals surface area contributed by atoms with Gasteiger partial charge in [0.2, 0.25) is 0 Å². The Kier molecular flexibility index (Phi) is 3.52. The maximum Gasteiger partial charge on any atom is 0.260 e. The van der Waals surface area contributed by atoms with Crippen LogP contribution in [-0.4, -0.2) is 30.5 Å². The van der Waals surface area contributed by atoms with Crippen molar-refractivity contribution in [2.24, 2.45) is 0 Å². The monoisotopic (exact) mass is 244 g/mol. The van der Waals surface area contributed by atoms with Crippen molar-refractivity contribution in [2.45, 2.75) is 25.8 Å². The number of rotatable bonds is 4. The van der Waals surface area contributed by atoms with Gasteiger partial charge < -0.3 is 9.64 Å². The second-order valence-corrected chi connectivity index (χ2v) is 4.62. The summed E-state index contributed by atoms with van der Waals surface area (Å²) in [5.41, 5.74) is 1.47. The maximum atomic E-state index is 11.8. The molecule has 1 amide bonds.